The summed E-state index contributed by atoms with van der Waals surface area (Å²) < 4.78 is 10.6. The SMILES string of the molecule is C=CCNC(=O)COc1ccc(OCC)cc1. The number of carbonyl (C=O) groups excluding carboxylic acids is 1. The molecule has 0 bridgehead atoms. The third-order valence-corrected chi connectivity index (χ3v) is 1.95. The van der Waals surface area contributed by atoms with Crippen LogP contribution in [0.1, 0.15) is 6.92 Å². The van der Waals surface area contributed by atoms with Gasteiger partial charge in [0.1, 0.15) is 11.5 Å². The summed E-state index contributed by atoms with van der Waals surface area (Å²) in [6.45, 7) is 6.51. The van der Waals surface area contributed by atoms with Crippen molar-refractivity contribution in [3.63, 3.8) is 0 Å². The molecule has 0 atom stereocenters. The van der Waals surface area contributed by atoms with Crippen molar-refractivity contribution in [3.05, 3.63) is 36.9 Å². The van der Waals surface area contributed by atoms with Gasteiger partial charge in [0.15, 0.2) is 6.61 Å². The Labute approximate surface area is 101 Å². The molecule has 0 aromatic heterocycles. The van der Waals surface area contributed by atoms with E-state index in [1.54, 1.807) is 30.3 Å². The predicted octanol–water partition coefficient (Wildman–Crippen LogP) is 1.77. The van der Waals surface area contributed by atoms with Crippen LogP contribution < -0.4 is 14.8 Å². The summed E-state index contributed by atoms with van der Waals surface area (Å²) in [6, 6.07) is 7.15. The molecule has 0 spiro atoms. The van der Waals surface area contributed by atoms with Crippen molar-refractivity contribution in [1.82, 2.24) is 5.32 Å². The minimum Gasteiger partial charge on any atom is -0.494 e. The molecule has 4 nitrogen and oxygen atoms in total. The maximum absolute atomic E-state index is 11.2. The molecule has 0 aliphatic rings. The summed E-state index contributed by atoms with van der Waals surface area (Å²) in [4.78, 5) is 11.2. The van der Waals surface area contributed by atoms with Crippen LogP contribution in [0.15, 0.2) is 36.9 Å². The minimum atomic E-state index is -0.168. The van der Waals surface area contributed by atoms with Crippen molar-refractivity contribution in [2.24, 2.45) is 0 Å². The third-order valence-electron chi connectivity index (χ3n) is 1.95. The summed E-state index contributed by atoms with van der Waals surface area (Å²) in [7, 11) is 0. The maximum Gasteiger partial charge on any atom is 0.258 e. The van der Waals surface area contributed by atoms with Crippen molar-refractivity contribution in [3.8, 4) is 11.5 Å². The van der Waals surface area contributed by atoms with Gasteiger partial charge in [-0.25, -0.2) is 0 Å². The van der Waals surface area contributed by atoms with Crippen molar-refractivity contribution in [2.45, 2.75) is 6.92 Å². The molecule has 1 aromatic carbocycles. The van der Waals surface area contributed by atoms with E-state index >= 15 is 0 Å². The zero-order valence-corrected chi connectivity index (χ0v) is 9.94. The molecule has 0 fully saturated rings. The summed E-state index contributed by atoms with van der Waals surface area (Å²) >= 11 is 0. The van der Waals surface area contributed by atoms with Crippen LogP contribution in [0.2, 0.25) is 0 Å². The van der Waals surface area contributed by atoms with Crippen LogP contribution in [-0.2, 0) is 4.79 Å². The van der Waals surface area contributed by atoms with E-state index in [-0.39, 0.29) is 12.5 Å². The van der Waals surface area contributed by atoms with E-state index < -0.39 is 0 Å². The summed E-state index contributed by atoms with van der Waals surface area (Å²) in [6.07, 6.45) is 1.62. The van der Waals surface area contributed by atoms with E-state index in [9.17, 15) is 4.79 Å². The normalized spacial score (nSPS) is 9.47. The van der Waals surface area contributed by atoms with Crippen molar-refractivity contribution >= 4 is 5.91 Å². The fraction of sp³-hybridized carbons (Fsp3) is 0.308. The molecular formula is C13H17NO3. The van der Waals surface area contributed by atoms with Crippen LogP contribution in [0.3, 0.4) is 0 Å². The van der Waals surface area contributed by atoms with Gasteiger partial charge in [-0.15, -0.1) is 6.58 Å². The zero-order valence-electron chi connectivity index (χ0n) is 9.94. The first kappa shape index (κ1) is 13.1. The molecule has 17 heavy (non-hydrogen) atoms. The number of benzene rings is 1. The average molecular weight is 235 g/mol. The molecule has 0 aliphatic carbocycles. The van der Waals surface area contributed by atoms with E-state index in [0.29, 0.717) is 18.9 Å². The molecule has 0 radical (unpaired) electrons. The molecule has 1 aromatic rings. The predicted molar refractivity (Wildman–Crippen MR) is 66.3 cm³/mol. The Bertz CT molecular complexity index is 359. The van der Waals surface area contributed by atoms with Crippen molar-refractivity contribution < 1.29 is 14.3 Å². The van der Waals surface area contributed by atoms with Gasteiger partial charge in [0.05, 0.1) is 6.61 Å². The molecule has 92 valence electrons. The lowest BCUT2D eigenvalue weighted by Gasteiger charge is -2.07. The number of carbonyl (C=O) groups is 1. The zero-order chi connectivity index (χ0) is 12.5. The highest BCUT2D eigenvalue weighted by Gasteiger charge is 2.01. The Balaban J connectivity index is 2.36. The monoisotopic (exact) mass is 235 g/mol. The van der Waals surface area contributed by atoms with E-state index in [1.807, 2.05) is 6.92 Å². The molecular weight excluding hydrogens is 218 g/mol. The second-order valence-corrected chi connectivity index (χ2v) is 3.29. The number of nitrogens with one attached hydrogen (secondary N) is 1. The number of ether oxygens (including phenoxy) is 2. The van der Waals surface area contributed by atoms with Gasteiger partial charge in [-0.2, -0.15) is 0 Å². The van der Waals surface area contributed by atoms with Gasteiger partial charge >= 0.3 is 0 Å². The maximum atomic E-state index is 11.2. The molecule has 1 amide bonds. The highest BCUT2D eigenvalue weighted by atomic mass is 16.5. The Hall–Kier alpha value is -1.97. The van der Waals surface area contributed by atoms with Crippen LogP contribution in [0, 0.1) is 0 Å². The smallest absolute Gasteiger partial charge is 0.258 e. The van der Waals surface area contributed by atoms with Crippen LogP contribution in [0.5, 0.6) is 11.5 Å². The van der Waals surface area contributed by atoms with E-state index in [1.165, 1.54) is 0 Å². The van der Waals surface area contributed by atoms with Crippen LogP contribution >= 0.6 is 0 Å². The van der Waals surface area contributed by atoms with Gasteiger partial charge in [-0.3, -0.25) is 4.79 Å². The largest absolute Gasteiger partial charge is 0.494 e. The summed E-state index contributed by atoms with van der Waals surface area (Å²) in [5, 5.41) is 2.63. The highest BCUT2D eigenvalue weighted by Crippen LogP contribution is 2.17. The minimum absolute atomic E-state index is 0.00181. The lowest BCUT2D eigenvalue weighted by atomic mass is 10.3. The standard InChI is InChI=1S/C13H17NO3/c1-3-9-14-13(15)10-17-12-7-5-11(6-8-12)16-4-2/h3,5-8H,1,4,9-10H2,2H3,(H,14,15). The second kappa shape index (κ2) is 7.33. The van der Waals surface area contributed by atoms with Gasteiger partial charge in [0.2, 0.25) is 0 Å². The summed E-state index contributed by atoms with van der Waals surface area (Å²) in [5.74, 6) is 1.26. The van der Waals surface area contributed by atoms with Crippen LogP contribution in [0.4, 0.5) is 0 Å². The first-order chi connectivity index (χ1) is 8.26. The Morgan fingerprint density at radius 1 is 1.29 bits per heavy atom. The Kier molecular flexibility index (Phi) is 5.64. The van der Waals surface area contributed by atoms with Crippen molar-refractivity contribution in [2.75, 3.05) is 19.8 Å². The number of hydrogen-bond acceptors (Lipinski definition) is 3. The number of rotatable bonds is 7. The van der Waals surface area contributed by atoms with Gasteiger partial charge in [0, 0.05) is 6.54 Å². The lowest BCUT2D eigenvalue weighted by Crippen LogP contribution is -2.28. The number of hydrogen-bond donors (Lipinski definition) is 1. The van der Waals surface area contributed by atoms with E-state index in [4.69, 9.17) is 9.47 Å². The summed E-state index contributed by atoms with van der Waals surface area (Å²) in [5.41, 5.74) is 0. The van der Waals surface area contributed by atoms with Gasteiger partial charge < -0.3 is 14.8 Å². The molecule has 1 N–H and O–H groups in total. The molecule has 0 aliphatic heterocycles. The molecule has 0 heterocycles. The fourth-order valence-corrected chi connectivity index (χ4v) is 1.18. The Morgan fingerprint density at radius 2 is 1.88 bits per heavy atom. The molecule has 0 unspecified atom stereocenters. The van der Waals surface area contributed by atoms with Crippen LogP contribution in [-0.4, -0.2) is 25.7 Å². The molecule has 0 saturated carbocycles. The van der Waals surface area contributed by atoms with Crippen LogP contribution in [0.25, 0.3) is 0 Å². The first-order valence-electron chi connectivity index (χ1n) is 5.49. The first-order valence-corrected chi connectivity index (χ1v) is 5.49. The molecule has 0 saturated heterocycles. The third kappa shape index (κ3) is 5.06. The lowest BCUT2D eigenvalue weighted by molar-refractivity contribution is -0.122. The van der Waals surface area contributed by atoms with Gasteiger partial charge in [-0.1, -0.05) is 6.08 Å². The van der Waals surface area contributed by atoms with E-state index in [0.717, 1.165) is 5.75 Å². The Morgan fingerprint density at radius 3 is 2.41 bits per heavy atom. The average Bonchev–Trinajstić information content (AvgIpc) is 2.36. The molecule has 4 heteroatoms. The van der Waals surface area contributed by atoms with Crippen molar-refractivity contribution in [1.29, 1.82) is 0 Å². The molecule has 1 rings (SSSR count). The number of amides is 1. The fourth-order valence-electron chi connectivity index (χ4n) is 1.18. The second-order valence-electron chi connectivity index (χ2n) is 3.29. The topological polar surface area (TPSA) is 47.6 Å². The van der Waals surface area contributed by atoms with Gasteiger partial charge in [0.25, 0.3) is 5.91 Å². The van der Waals surface area contributed by atoms with Gasteiger partial charge in [-0.05, 0) is 31.2 Å². The van der Waals surface area contributed by atoms with E-state index in [2.05, 4.69) is 11.9 Å². The highest BCUT2D eigenvalue weighted by molar-refractivity contribution is 5.77. The quantitative estimate of drug-likeness (QED) is 0.733.